The monoisotopic (exact) mass is 197 g/mol. The molecule has 0 aromatic rings. The Hall–Kier alpha value is -0.0800. The molecule has 1 atom stereocenters. The van der Waals surface area contributed by atoms with Gasteiger partial charge in [0, 0.05) is 12.6 Å². The fourth-order valence-corrected chi connectivity index (χ4v) is 3.14. The lowest BCUT2D eigenvalue weighted by Crippen LogP contribution is -2.47. The summed E-state index contributed by atoms with van der Waals surface area (Å²) in [4.78, 5) is 0. The quantitative estimate of drug-likeness (QED) is 0.738. The second-order valence-corrected chi connectivity index (χ2v) is 5.04. The highest BCUT2D eigenvalue weighted by molar-refractivity contribution is 4.98. The number of rotatable bonds is 2. The highest BCUT2D eigenvalue weighted by Gasteiger charge is 2.44. The summed E-state index contributed by atoms with van der Waals surface area (Å²) in [6, 6.07) is 0.310. The van der Waals surface area contributed by atoms with Gasteiger partial charge in [0.2, 0.25) is 0 Å². The van der Waals surface area contributed by atoms with Gasteiger partial charge in [-0.25, -0.2) is 0 Å². The molecule has 82 valence electrons. The third-order valence-electron chi connectivity index (χ3n) is 4.14. The molecule has 1 aliphatic carbocycles. The molecule has 2 aliphatic rings. The van der Waals surface area contributed by atoms with E-state index in [1.165, 1.54) is 38.5 Å². The van der Waals surface area contributed by atoms with Crippen molar-refractivity contribution in [1.29, 1.82) is 0 Å². The van der Waals surface area contributed by atoms with E-state index in [1.54, 1.807) is 0 Å². The second-order valence-electron chi connectivity index (χ2n) is 5.04. The maximum atomic E-state index is 6.14. The lowest BCUT2D eigenvalue weighted by atomic mass is 9.74. The molecule has 1 spiro atoms. The Kier molecular flexibility index (Phi) is 3.13. The Morgan fingerprint density at radius 2 is 2.00 bits per heavy atom. The molecule has 1 heterocycles. The van der Waals surface area contributed by atoms with E-state index < -0.39 is 0 Å². The standard InChI is InChI=1S/C12H23NO/c1-2-3-10-4-7-12(8-5-10)11(13)6-9-14-12/h10-11H,2-9,13H2,1H3. The first-order chi connectivity index (χ1) is 6.77. The van der Waals surface area contributed by atoms with Crippen LogP contribution in [-0.2, 0) is 4.74 Å². The van der Waals surface area contributed by atoms with Crippen molar-refractivity contribution in [3.8, 4) is 0 Å². The van der Waals surface area contributed by atoms with Crippen LogP contribution in [0.4, 0.5) is 0 Å². The van der Waals surface area contributed by atoms with Gasteiger partial charge in [-0.05, 0) is 38.0 Å². The molecular weight excluding hydrogens is 174 g/mol. The molecule has 2 rings (SSSR count). The van der Waals surface area contributed by atoms with E-state index in [0.717, 1.165) is 18.9 Å². The highest BCUT2D eigenvalue weighted by Crippen LogP contribution is 2.41. The van der Waals surface area contributed by atoms with Crippen molar-refractivity contribution in [3.63, 3.8) is 0 Å². The zero-order valence-electron chi connectivity index (χ0n) is 9.30. The molecule has 1 unspecified atom stereocenters. The zero-order valence-corrected chi connectivity index (χ0v) is 9.30. The Morgan fingerprint density at radius 1 is 1.29 bits per heavy atom. The van der Waals surface area contributed by atoms with Crippen molar-refractivity contribution >= 4 is 0 Å². The first-order valence-electron chi connectivity index (χ1n) is 6.16. The first-order valence-corrected chi connectivity index (χ1v) is 6.16. The van der Waals surface area contributed by atoms with Gasteiger partial charge in [0.05, 0.1) is 5.60 Å². The van der Waals surface area contributed by atoms with Gasteiger partial charge in [0.15, 0.2) is 0 Å². The molecule has 2 fully saturated rings. The van der Waals surface area contributed by atoms with Crippen LogP contribution in [0, 0.1) is 5.92 Å². The number of nitrogens with two attached hydrogens (primary N) is 1. The summed E-state index contributed by atoms with van der Waals surface area (Å²) in [7, 11) is 0. The molecule has 0 aromatic heterocycles. The minimum Gasteiger partial charge on any atom is -0.373 e. The lowest BCUT2D eigenvalue weighted by molar-refractivity contribution is -0.0433. The molecule has 2 heteroatoms. The molecule has 0 bridgehead atoms. The predicted octanol–water partition coefficient (Wildman–Crippen LogP) is 2.46. The van der Waals surface area contributed by atoms with Crippen LogP contribution in [0.3, 0.4) is 0 Å². The third-order valence-corrected chi connectivity index (χ3v) is 4.14. The number of hydrogen-bond donors (Lipinski definition) is 1. The number of ether oxygens (including phenoxy) is 1. The summed E-state index contributed by atoms with van der Waals surface area (Å²) in [6.07, 6.45) is 8.87. The minimum atomic E-state index is 0.0875. The van der Waals surface area contributed by atoms with Gasteiger partial charge in [-0.3, -0.25) is 0 Å². The van der Waals surface area contributed by atoms with Gasteiger partial charge in [0.1, 0.15) is 0 Å². The van der Waals surface area contributed by atoms with Crippen LogP contribution in [0.25, 0.3) is 0 Å². The molecular formula is C12H23NO. The Balaban J connectivity index is 1.88. The largest absolute Gasteiger partial charge is 0.373 e. The van der Waals surface area contributed by atoms with Crippen LogP contribution < -0.4 is 5.73 Å². The predicted molar refractivity (Wildman–Crippen MR) is 58.1 cm³/mol. The highest BCUT2D eigenvalue weighted by atomic mass is 16.5. The molecule has 0 radical (unpaired) electrons. The van der Waals surface area contributed by atoms with E-state index in [9.17, 15) is 0 Å². The summed E-state index contributed by atoms with van der Waals surface area (Å²) < 4.78 is 5.90. The fraction of sp³-hybridized carbons (Fsp3) is 1.00. The molecule has 0 amide bonds. The van der Waals surface area contributed by atoms with Crippen molar-refractivity contribution in [2.45, 2.75) is 63.5 Å². The topological polar surface area (TPSA) is 35.2 Å². The van der Waals surface area contributed by atoms with Gasteiger partial charge < -0.3 is 10.5 Å². The molecule has 14 heavy (non-hydrogen) atoms. The van der Waals surface area contributed by atoms with Crippen molar-refractivity contribution in [2.75, 3.05) is 6.61 Å². The first kappa shape index (κ1) is 10.4. The minimum absolute atomic E-state index is 0.0875. The molecule has 0 aromatic carbocycles. The number of hydrogen-bond acceptors (Lipinski definition) is 2. The average Bonchev–Trinajstić information content (AvgIpc) is 2.53. The van der Waals surface area contributed by atoms with E-state index in [2.05, 4.69) is 6.92 Å². The maximum Gasteiger partial charge on any atom is 0.0833 e. The normalized spacial score (nSPS) is 43.3. The summed E-state index contributed by atoms with van der Waals surface area (Å²) >= 11 is 0. The van der Waals surface area contributed by atoms with Crippen LogP contribution in [0.2, 0.25) is 0 Å². The van der Waals surface area contributed by atoms with Gasteiger partial charge in [-0.2, -0.15) is 0 Å². The van der Waals surface area contributed by atoms with Crippen LogP contribution >= 0.6 is 0 Å². The van der Waals surface area contributed by atoms with Gasteiger partial charge in [-0.15, -0.1) is 0 Å². The van der Waals surface area contributed by atoms with E-state index in [1.807, 2.05) is 0 Å². The maximum absolute atomic E-state index is 6.14. The van der Waals surface area contributed by atoms with E-state index in [0.29, 0.717) is 6.04 Å². The summed E-state index contributed by atoms with van der Waals surface area (Å²) in [5.74, 6) is 0.946. The molecule has 1 aliphatic heterocycles. The van der Waals surface area contributed by atoms with Crippen molar-refractivity contribution in [3.05, 3.63) is 0 Å². The molecule has 2 N–H and O–H groups in total. The second kappa shape index (κ2) is 4.19. The summed E-state index contributed by atoms with van der Waals surface area (Å²) in [5, 5.41) is 0. The molecule has 2 nitrogen and oxygen atoms in total. The van der Waals surface area contributed by atoms with E-state index >= 15 is 0 Å². The average molecular weight is 197 g/mol. The van der Waals surface area contributed by atoms with E-state index in [4.69, 9.17) is 10.5 Å². The third kappa shape index (κ3) is 1.82. The van der Waals surface area contributed by atoms with Crippen molar-refractivity contribution in [1.82, 2.24) is 0 Å². The molecule has 1 saturated carbocycles. The Bertz CT molecular complexity index is 185. The van der Waals surface area contributed by atoms with Gasteiger partial charge in [0.25, 0.3) is 0 Å². The smallest absolute Gasteiger partial charge is 0.0833 e. The molecule has 1 saturated heterocycles. The lowest BCUT2D eigenvalue weighted by Gasteiger charge is -2.39. The van der Waals surface area contributed by atoms with Crippen LogP contribution in [-0.4, -0.2) is 18.2 Å². The fourth-order valence-electron chi connectivity index (χ4n) is 3.14. The van der Waals surface area contributed by atoms with Gasteiger partial charge >= 0.3 is 0 Å². The Morgan fingerprint density at radius 3 is 2.50 bits per heavy atom. The van der Waals surface area contributed by atoms with E-state index in [-0.39, 0.29) is 5.60 Å². The van der Waals surface area contributed by atoms with Crippen LogP contribution in [0.5, 0.6) is 0 Å². The van der Waals surface area contributed by atoms with Crippen LogP contribution in [0.15, 0.2) is 0 Å². The summed E-state index contributed by atoms with van der Waals surface area (Å²) in [6.45, 7) is 3.17. The zero-order chi connectivity index (χ0) is 10.0. The van der Waals surface area contributed by atoms with Gasteiger partial charge in [-0.1, -0.05) is 19.8 Å². The SMILES string of the molecule is CCCC1CCC2(CC1)OCCC2N. The van der Waals surface area contributed by atoms with Crippen molar-refractivity contribution < 1.29 is 4.74 Å². The van der Waals surface area contributed by atoms with Crippen LogP contribution in [0.1, 0.15) is 51.9 Å². The summed E-state index contributed by atoms with van der Waals surface area (Å²) in [5.41, 5.74) is 6.23. The Labute approximate surface area is 87.2 Å². The van der Waals surface area contributed by atoms with Crippen molar-refractivity contribution in [2.24, 2.45) is 11.7 Å².